The average molecular weight is 316 g/mol. The zero-order valence-electron chi connectivity index (χ0n) is 13.0. The zero-order chi connectivity index (χ0) is 15.8. The summed E-state index contributed by atoms with van der Waals surface area (Å²) in [5.41, 5.74) is 0.662. The molecule has 2 heterocycles. The maximum atomic E-state index is 12.5. The lowest BCUT2D eigenvalue weighted by molar-refractivity contribution is 0.0864. The summed E-state index contributed by atoms with van der Waals surface area (Å²) in [6.45, 7) is 1.82. The molecule has 2 aliphatic rings. The number of aryl methyl sites for hydroxylation is 1. The highest BCUT2D eigenvalue weighted by Gasteiger charge is 2.34. The highest BCUT2D eigenvalue weighted by Crippen LogP contribution is 2.40. The monoisotopic (exact) mass is 316 g/mol. The van der Waals surface area contributed by atoms with Crippen molar-refractivity contribution in [2.75, 3.05) is 0 Å². The number of amides is 1. The Labute approximate surface area is 133 Å². The number of nitrogens with one attached hydrogen (secondary N) is 2. The van der Waals surface area contributed by atoms with Gasteiger partial charge in [-0.25, -0.2) is 4.98 Å². The number of ether oxygens (including phenoxy) is 1. The lowest BCUT2D eigenvalue weighted by Gasteiger charge is -2.21. The Morgan fingerprint density at radius 3 is 3.00 bits per heavy atom. The van der Waals surface area contributed by atoms with Crippen molar-refractivity contribution >= 4 is 5.91 Å². The van der Waals surface area contributed by atoms with Crippen LogP contribution < -0.4 is 10.1 Å². The first kappa shape index (κ1) is 14.3. The van der Waals surface area contributed by atoms with Crippen molar-refractivity contribution in [2.45, 2.75) is 57.1 Å². The molecule has 0 bridgehead atoms. The summed E-state index contributed by atoms with van der Waals surface area (Å²) in [5.74, 6) is 1.93. The molecule has 23 heavy (non-hydrogen) atoms. The fourth-order valence-corrected chi connectivity index (χ4v) is 3.08. The maximum absolute atomic E-state index is 12.5. The van der Waals surface area contributed by atoms with Crippen LogP contribution >= 0.6 is 0 Å². The van der Waals surface area contributed by atoms with Crippen LogP contribution in [0.4, 0.5) is 0 Å². The number of oxazole rings is 1. The van der Waals surface area contributed by atoms with Gasteiger partial charge < -0.3 is 14.5 Å². The molecule has 7 heteroatoms. The first-order chi connectivity index (χ1) is 11.2. The van der Waals surface area contributed by atoms with Gasteiger partial charge in [0.05, 0.1) is 24.1 Å². The van der Waals surface area contributed by atoms with Gasteiger partial charge in [0, 0.05) is 5.92 Å². The Morgan fingerprint density at radius 1 is 1.39 bits per heavy atom. The molecule has 0 saturated heterocycles. The van der Waals surface area contributed by atoms with Crippen LogP contribution in [0.25, 0.3) is 0 Å². The molecule has 0 aliphatic heterocycles. The lowest BCUT2D eigenvalue weighted by Crippen LogP contribution is -2.42. The molecule has 4 rings (SSSR count). The minimum atomic E-state index is -0.199. The van der Waals surface area contributed by atoms with E-state index in [1.807, 2.05) is 6.92 Å². The molecule has 1 amide bonds. The van der Waals surface area contributed by atoms with Crippen molar-refractivity contribution in [1.29, 1.82) is 0 Å². The standard InChI is InChI=1S/C16H20N4O3/c1-9-14(23-16(19-9)10-5-6-10)15(21)20-12-3-2-4-13(12)22-11-7-17-18-8-11/h7-8,10,12-13H,2-6H2,1H3,(H,17,18)(H,20,21)/t12-,13+/m0/s1. The fourth-order valence-electron chi connectivity index (χ4n) is 3.08. The molecule has 2 aliphatic carbocycles. The van der Waals surface area contributed by atoms with Crippen LogP contribution in [0.2, 0.25) is 0 Å². The van der Waals surface area contributed by atoms with Crippen molar-refractivity contribution in [1.82, 2.24) is 20.5 Å². The van der Waals surface area contributed by atoms with Crippen LogP contribution in [0.5, 0.6) is 5.75 Å². The van der Waals surface area contributed by atoms with Crippen molar-refractivity contribution in [3.05, 3.63) is 29.7 Å². The molecule has 2 aromatic heterocycles. The first-order valence-electron chi connectivity index (χ1n) is 8.14. The predicted octanol–water partition coefficient (Wildman–Crippen LogP) is 2.31. The Balaban J connectivity index is 1.43. The van der Waals surface area contributed by atoms with Crippen LogP contribution in [0.15, 0.2) is 16.8 Å². The maximum Gasteiger partial charge on any atom is 0.289 e. The second-order valence-electron chi connectivity index (χ2n) is 6.34. The quantitative estimate of drug-likeness (QED) is 0.883. The topological polar surface area (TPSA) is 93.0 Å². The summed E-state index contributed by atoms with van der Waals surface area (Å²) >= 11 is 0. The predicted molar refractivity (Wildman–Crippen MR) is 81.3 cm³/mol. The minimum absolute atomic E-state index is 0.0220. The normalized spacial score (nSPS) is 23.9. The van der Waals surface area contributed by atoms with E-state index in [0.717, 1.165) is 32.1 Å². The molecule has 2 atom stereocenters. The van der Waals surface area contributed by atoms with E-state index >= 15 is 0 Å². The third-order valence-corrected chi connectivity index (χ3v) is 4.48. The number of carbonyl (C=O) groups excluding carboxylic acids is 1. The van der Waals surface area contributed by atoms with Crippen LogP contribution in [-0.4, -0.2) is 33.2 Å². The number of hydrogen-bond donors (Lipinski definition) is 2. The second kappa shape index (κ2) is 5.72. The largest absolute Gasteiger partial charge is 0.485 e. The van der Waals surface area contributed by atoms with E-state index in [1.54, 1.807) is 12.4 Å². The van der Waals surface area contributed by atoms with Gasteiger partial charge >= 0.3 is 0 Å². The molecule has 0 aromatic carbocycles. The van der Waals surface area contributed by atoms with Crippen molar-refractivity contribution < 1.29 is 13.9 Å². The van der Waals surface area contributed by atoms with Gasteiger partial charge in [-0.2, -0.15) is 5.10 Å². The van der Waals surface area contributed by atoms with E-state index in [0.29, 0.717) is 29.0 Å². The highest BCUT2D eigenvalue weighted by molar-refractivity contribution is 5.92. The van der Waals surface area contributed by atoms with Crippen molar-refractivity contribution in [2.24, 2.45) is 0 Å². The molecule has 0 radical (unpaired) electrons. The van der Waals surface area contributed by atoms with Gasteiger partial charge in [-0.05, 0) is 39.0 Å². The Bertz CT molecular complexity index is 690. The summed E-state index contributed by atoms with van der Waals surface area (Å²) in [6, 6.07) is -0.0220. The van der Waals surface area contributed by atoms with Gasteiger partial charge in [-0.15, -0.1) is 0 Å². The van der Waals surface area contributed by atoms with Crippen LogP contribution in [0, 0.1) is 6.92 Å². The molecule has 0 spiro atoms. The van der Waals surface area contributed by atoms with Gasteiger partial charge in [-0.1, -0.05) is 0 Å². The summed E-state index contributed by atoms with van der Waals surface area (Å²) < 4.78 is 11.6. The van der Waals surface area contributed by atoms with E-state index in [9.17, 15) is 4.79 Å². The number of aromatic amines is 1. The SMILES string of the molecule is Cc1nc(C2CC2)oc1C(=O)N[C@H]1CCC[C@H]1Oc1cn[nH]c1. The third-order valence-electron chi connectivity index (χ3n) is 4.48. The van der Waals surface area contributed by atoms with Gasteiger partial charge in [0.15, 0.2) is 11.6 Å². The van der Waals surface area contributed by atoms with Crippen LogP contribution in [0.1, 0.15) is 60.2 Å². The Hall–Kier alpha value is -2.31. The van der Waals surface area contributed by atoms with Crippen LogP contribution in [0.3, 0.4) is 0 Å². The molecular weight excluding hydrogens is 296 g/mol. The number of H-pyrrole nitrogens is 1. The smallest absolute Gasteiger partial charge is 0.289 e. The first-order valence-corrected chi connectivity index (χ1v) is 8.14. The summed E-state index contributed by atoms with van der Waals surface area (Å²) in [4.78, 5) is 16.9. The Kier molecular flexibility index (Phi) is 3.55. The molecule has 2 saturated carbocycles. The molecule has 0 unspecified atom stereocenters. The lowest BCUT2D eigenvalue weighted by atomic mass is 10.2. The average Bonchev–Trinajstić information content (AvgIpc) is 2.93. The molecule has 122 valence electrons. The third kappa shape index (κ3) is 2.95. The van der Waals surface area contributed by atoms with Gasteiger partial charge in [0.25, 0.3) is 5.91 Å². The van der Waals surface area contributed by atoms with E-state index in [-0.39, 0.29) is 18.1 Å². The summed E-state index contributed by atoms with van der Waals surface area (Å²) in [7, 11) is 0. The van der Waals surface area contributed by atoms with Crippen molar-refractivity contribution in [3.63, 3.8) is 0 Å². The summed E-state index contributed by atoms with van der Waals surface area (Å²) in [6.07, 6.45) is 8.35. The van der Waals surface area contributed by atoms with Gasteiger partial charge in [-0.3, -0.25) is 9.89 Å². The zero-order valence-corrected chi connectivity index (χ0v) is 13.0. The van der Waals surface area contributed by atoms with Crippen molar-refractivity contribution in [3.8, 4) is 5.75 Å². The van der Waals surface area contributed by atoms with Gasteiger partial charge in [0.1, 0.15) is 6.10 Å². The van der Waals surface area contributed by atoms with E-state index in [2.05, 4.69) is 20.5 Å². The Morgan fingerprint density at radius 2 is 2.26 bits per heavy atom. The summed E-state index contributed by atoms with van der Waals surface area (Å²) in [5, 5.41) is 9.64. The minimum Gasteiger partial charge on any atom is -0.485 e. The van der Waals surface area contributed by atoms with E-state index in [1.165, 1.54) is 0 Å². The second-order valence-corrected chi connectivity index (χ2v) is 6.34. The van der Waals surface area contributed by atoms with E-state index in [4.69, 9.17) is 9.15 Å². The molecule has 2 fully saturated rings. The molecule has 2 N–H and O–H groups in total. The molecular formula is C16H20N4O3. The molecule has 2 aromatic rings. The highest BCUT2D eigenvalue weighted by atomic mass is 16.5. The number of aromatic nitrogens is 3. The number of carbonyl (C=O) groups is 1. The fraction of sp³-hybridized carbons (Fsp3) is 0.562. The number of nitrogens with zero attached hydrogens (tertiary/aromatic N) is 2. The van der Waals surface area contributed by atoms with E-state index < -0.39 is 0 Å². The molecule has 7 nitrogen and oxygen atoms in total. The van der Waals surface area contributed by atoms with Gasteiger partial charge in [0.2, 0.25) is 5.76 Å². The van der Waals surface area contributed by atoms with Crippen LogP contribution in [-0.2, 0) is 0 Å². The number of hydrogen-bond acceptors (Lipinski definition) is 5. The number of rotatable bonds is 5.